The largest absolute Gasteiger partial charge is 0.259 e. The van der Waals surface area contributed by atoms with E-state index < -0.39 is 4.92 Å². The molecule has 1 aromatic carbocycles. The van der Waals surface area contributed by atoms with Gasteiger partial charge >= 0.3 is 0 Å². The fourth-order valence-corrected chi connectivity index (χ4v) is 1.66. The SMILES string of the molecule is O=[N+]([O-])/C=C/C1(c2ccccc2)CC1. The van der Waals surface area contributed by atoms with Gasteiger partial charge in [-0.25, -0.2) is 0 Å². The van der Waals surface area contributed by atoms with Crippen LogP contribution in [0, 0.1) is 10.1 Å². The minimum Gasteiger partial charge on any atom is -0.259 e. The predicted octanol–water partition coefficient (Wildman–Crippen LogP) is 2.51. The number of nitrogens with zero attached hydrogens (tertiary/aromatic N) is 1. The molecule has 0 amide bonds. The first-order valence-corrected chi connectivity index (χ1v) is 4.61. The molecule has 1 saturated carbocycles. The van der Waals surface area contributed by atoms with Crippen molar-refractivity contribution in [3.63, 3.8) is 0 Å². The molecule has 1 fully saturated rings. The monoisotopic (exact) mass is 189 g/mol. The van der Waals surface area contributed by atoms with Crippen LogP contribution in [0.1, 0.15) is 18.4 Å². The Hall–Kier alpha value is -1.64. The summed E-state index contributed by atoms with van der Waals surface area (Å²) in [5.41, 5.74) is 1.13. The molecule has 0 heterocycles. The van der Waals surface area contributed by atoms with Gasteiger partial charge in [0.25, 0.3) is 0 Å². The van der Waals surface area contributed by atoms with E-state index in [4.69, 9.17) is 0 Å². The molecular formula is C11H11NO2. The van der Waals surface area contributed by atoms with Gasteiger partial charge in [0.2, 0.25) is 6.20 Å². The first kappa shape index (κ1) is 8.94. The number of rotatable bonds is 3. The minimum absolute atomic E-state index is 0.0473. The van der Waals surface area contributed by atoms with Crippen LogP contribution in [0.4, 0.5) is 0 Å². The normalized spacial score (nSPS) is 18.3. The van der Waals surface area contributed by atoms with Crippen LogP contribution >= 0.6 is 0 Å². The van der Waals surface area contributed by atoms with Gasteiger partial charge in [-0.15, -0.1) is 0 Å². The Bertz CT molecular complexity index is 366. The second-order valence-corrected chi connectivity index (χ2v) is 3.62. The van der Waals surface area contributed by atoms with Crippen LogP contribution in [0.2, 0.25) is 0 Å². The molecule has 0 bridgehead atoms. The van der Waals surface area contributed by atoms with Crippen molar-refractivity contribution in [1.29, 1.82) is 0 Å². The number of nitro groups is 1. The summed E-state index contributed by atoms with van der Waals surface area (Å²) in [4.78, 5) is 9.82. The lowest BCUT2D eigenvalue weighted by atomic mass is 9.96. The zero-order valence-corrected chi connectivity index (χ0v) is 7.72. The third-order valence-corrected chi connectivity index (χ3v) is 2.65. The van der Waals surface area contributed by atoms with Crippen LogP contribution in [0.5, 0.6) is 0 Å². The molecule has 0 saturated heterocycles. The van der Waals surface area contributed by atoms with E-state index in [9.17, 15) is 10.1 Å². The summed E-state index contributed by atoms with van der Waals surface area (Å²) in [6.07, 6.45) is 4.80. The van der Waals surface area contributed by atoms with Gasteiger partial charge in [0, 0.05) is 5.41 Å². The predicted molar refractivity (Wildman–Crippen MR) is 53.5 cm³/mol. The fraction of sp³-hybridized carbons (Fsp3) is 0.273. The van der Waals surface area contributed by atoms with Crippen molar-refractivity contribution in [2.75, 3.05) is 0 Å². The molecule has 1 aliphatic rings. The number of benzene rings is 1. The summed E-state index contributed by atoms with van der Waals surface area (Å²) >= 11 is 0. The van der Waals surface area contributed by atoms with Gasteiger partial charge in [-0.3, -0.25) is 10.1 Å². The van der Waals surface area contributed by atoms with Crippen molar-refractivity contribution in [1.82, 2.24) is 0 Å². The summed E-state index contributed by atoms with van der Waals surface area (Å²) in [5.74, 6) is 0. The molecule has 72 valence electrons. The highest BCUT2D eigenvalue weighted by Gasteiger charge is 2.42. The van der Waals surface area contributed by atoms with E-state index in [1.807, 2.05) is 30.3 Å². The van der Waals surface area contributed by atoms with Crippen molar-refractivity contribution in [3.8, 4) is 0 Å². The van der Waals surface area contributed by atoms with E-state index in [0.29, 0.717) is 0 Å². The Morgan fingerprint density at radius 3 is 2.43 bits per heavy atom. The van der Waals surface area contributed by atoms with Gasteiger partial charge < -0.3 is 0 Å². The maximum Gasteiger partial charge on any atom is 0.231 e. The van der Waals surface area contributed by atoms with Crippen LogP contribution in [-0.4, -0.2) is 4.92 Å². The average Bonchev–Trinajstić information content (AvgIpc) is 2.97. The Kier molecular flexibility index (Phi) is 2.08. The smallest absolute Gasteiger partial charge is 0.231 e. The van der Waals surface area contributed by atoms with E-state index in [-0.39, 0.29) is 5.41 Å². The Morgan fingerprint density at radius 2 is 1.93 bits per heavy atom. The summed E-state index contributed by atoms with van der Waals surface area (Å²) in [6.45, 7) is 0. The summed E-state index contributed by atoms with van der Waals surface area (Å²) in [7, 11) is 0. The zero-order chi connectivity index (χ0) is 10.0. The first-order valence-electron chi connectivity index (χ1n) is 4.61. The molecule has 3 nitrogen and oxygen atoms in total. The van der Waals surface area contributed by atoms with Crippen molar-refractivity contribution < 1.29 is 4.92 Å². The maximum atomic E-state index is 10.2. The lowest BCUT2D eigenvalue weighted by Gasteiger charge is -2.07. The second kappa shape index (κ2) is 3.25. The minimum atomic E-state index is -0.400. The molecule has 3 heteroatoms. The van der Waals surface area contributed by atoms with Crippen molar-refractivity contribution >= 4 is 0 Å². The van der Waals surface area contributed by atoms with Gasteiger partial charge in [0.05, 0.1) is 4.92 Å². The van der Waals surface area contributed by atoms with Crippen LogP contribution in [0.25, 0.3) is 0 Å². The number of hydrogen-bond acceptors (Lipinski definition) is 2. The van der Waals surface area contributed by atoms with Gasteiger partial charge in [0.1, 0.15) is 0 Å². The number of hydrogen-bond donors (Lipinski definition) is 0. The average molecular weight is 189 g/mol. The molecule has 0 radical (unpaired) electrons. The molecule has 2 rings (SSSR count). The molecule has 1 aromatic rings. The summed E-state index contributed by atoms with van der Waals surface area (Å²) in [6, 6.07) is 9.94. The lowest BCUT2D eigenvalue weighted by Crippen LogP contribution is -2.02. The zero-order valence-electron chi connectivity index (χ0n) is 7.72. The molecule has 0 atom stereocenters. The molecule has 0 aromatic heterocycles. The summed E-state index contributed by atoms with van der Waals surface area (Å²) in [5, 5.41) is 10.2. The molecule has 0 spiro atoms. The van der Waals surface area contributed by atoms with Crippen molar-refractivity contribution in [2.24, 2.45) is 0 Å². The number of allylic oxidation sites excluding steroid dienone is 1. The van der Waals surface area contributed by atoms with Gasteiger partial charge in [-0.05, 0) is 24.5 Å². The maximum absolute atomic E-state index is 10.2. The van der Waals surface area contributed by atoms with E-state index >= 15 is 0 Å². The first-order chi connectivity index (χ1) is 6.73. The highest BCUT2D eigenvalue weighted by Crippen LogP contribution is 2.49. The van der Waals surface area contributed by atoms with E-state index in [0.717, 1.165) is 19.0 Å². The molecule has 14 heavy (non-hydrogen) atoms. The third kappa shape index (κ3) is 1.66. The third-order valence-electron chi connectivity index (χ3n) is 2.65. The van der Waals surface area contributed by atoms with Crippen molar-refractivity contribution in [2.45, 2.75) is 18.3 Å². The standard InChI is InChI=1S/C11H11NO2/c13-12(14)9-8-11(6-7-11)10-4-2-1-3-5-10/h1-5,8-9H,6-7H2/b9-8+. The molecule has 0 N–H and O–H groups in total. The fourth-order valence-electron chi connectivity index (χ4n) is 1.66. The van der Waals surface area contributed by atoms with E-state index in [2.05, 4.69) is 0 Å². The molecule has 0 aliphatic heterocycles. The Balaban J connectivity index is 2.22. The van der Waals surface area contributed by atoms with Gasteiger partial charge in [-0.1, -0.05) is 30.3 Å². The molecule has 1 aliphatic carbocycles. The lowest BCUT2D eigenvalue weighted by molar-refractivity contribution is -0.402. The summed E-state index contributed by atoms with van der Waals surface area (Å²) < 4.78 is 0. The van der Waals surface area contributed by atoms with Gasteiger partial charge in [-0.2, -0.15) is 0 Å². The molecular weight excluding hydrogens is 178 g/mol. The van der Waals surface area contributed by atoms with Crippen LogP contribution in [0.3, 0.4) is 0 Å². The quantitative estimate of drug-likeness (QED) is 0.541. The Labute approximate surface area is 82.2 Å². The highest BCUT2D eigenvalue weighted by molar-refractivity contribution is 5.36. The second-order valence-electron chi connectivity index (χ2n) is 3.62. The van der Waals surface area contributed by atoms with Gasteiger partial charge in [0.15, 0.2) is 0 Å². The Morgan fingerprint density at radius 1 is 1.29 bits per heavy atom. The van der Waals surface area contributed by atoms with Crippen LogP contribution < -0.4 is 0 Å². The van der Waals surface area contributed by atoms with E-state index in [1.54, 1.807) is 6.08 Å². The van der Waals surface area contributed by atoms with Crippen LogP contribution in [-0.2, 0) is 5.41 Å². The highest BCUT2D eigenvalue weighted by atomic mass is 16.6. The molecule has 0 unspecified atom stereocenters. The van der Waals surface area contributed by atoms with Crippen LogP contribution in [0.15, 0.2) is 42.6 Å². The van der Waals surface area contributed by atoms with E-state index in [1.165, 1.54) is 5.56 Å². The van der Waals surface area contributed by atoms with Crippen molar-refractivity contribution in [3.05, 3.63) is 58.3 Å². The topological polar surface area (TPSA) is 43.1 Å².